The predicted octanol–water partition coefficient (Wildman–Crippen LogP) is 4.32. The van der Waals surface area contributed by atoms with E-state index in [-0.39, 0.29) is 23.1 Å². The van der Waals surface area contributed by atoms with Gasteiger partial charge < -0.3 is 10.1 Å². The van der Waals surface area contributed by atoms with Gasteiger partial charge in [0.25, 0.3) is 11.5 Å². The lowest BCUT2D eigenvalue weighted by atomic mass is 10.0. The van der Waals surface area contributed by atoms with E-state index < -0.39 is 6.10 Å². The van der Waals surface area contributed by atoms with Crippen LogP contribution in [-0.2, 0) is 11.8 Å². The monoisotopic (exact) mass is 407 g/mol. The second-order valence-electron chi connectivity index (χ2n) is 7.88. The largest absolute Gasteiger partial charge is 0.481 e. The van der Waals surface area contributed by atoms with Gasteiger partial charge in [0, 0.05) is 7.05 Å². The second-order valence-corrected chi connectivity index (χ2v) is 7.88. The van der Waals surface area contributed by atoms with Crippen LogP contribution in [0.25, 0.3) is 5.69 Å². The molecular weight excluding hydrogens is 378 g/mol. The molecule has 3 rings (SSSR count). The Morgan fingerprint density at radius 3 is 2.33 bits per heavy atom. The molecule has 1 heterocycles. The fourth-order valence-electron chi connectivity index (χ4n) is 3.40. The number of hydrogen-bond donors (Lipinski definition) is 1. The molecule has 2 aromatic carbocycles. The zero-order chi connectivity index (χ0) is 22.0. The Bertz CT molecular complexity index is 1110. The number of carbonyl (C=O) groups is 1. The van der Waals surface area contributed by atoms with Crippen molar-refractivity contribution in [2.75, 3.05) is 5.32 Å². The average Bonchev–Trinajstić information content (AvgIpc) is 2.91. The van der Waals surface area contributed by atoms with Gasteiger partial charge in [-0.15, -0.1) is 0 Å². The molecule has 1 amide bonds. The van der Waals surface area contributed by atoms with E-state index in [1.165, 1.54) is 4.68 Å². The highest BCUT2D eigenvalue weighted by Gasteiger charge is 2.23. The van der Waals surface area contributed by atoms with Crippen molar-refractivity contribution in [1.29, 1.82) is 0 Å². The van der Waals surface area contributed by atoms with E-state index in [1.54, 1.807) is 25.6 Å². The van der Waals surface area contributed by atoms with Crippen molar-refractivity contribution >= 4 is 11.6 Å². The number of benzene rings is 2. The number of carbonyl (C=O) groups excluding carboxylic acids is 1. The molecule has 0 saturated heterocycles. The Morgan fingerprint density at radius 1 is 1.03 bits per heavy atom. The summed E-state index contributed by atoms with van der Waals surface area (Å²) < 4.78 is 9.26. The summed E-state index contributed by atoms with van der Waals surface area (Å²) in [5.41, 5.74) is 3.49. The van der Waals surface area contributed by atoms with Crippen LogP contribution in [0.15, 0.2) is 53.3 Å². The summed E-state index contributed by atoms with van der Waals surface area (Å²) in [5, 5.41) is 2.77. The third-order valence-corrected chi connectivity index (χ3v) is 5.27. The Kier molecular flexibility index (Phi) is 6.15. The highest BCUT2D eigenvalue weighted by molar-refractivity contribution is 5.94. The minimum atomic E-state index is -0.756. The van der Waals surface area contributed by atoms with Gasteiger partial charge in [-0.3, -0.25) is 14.3 Å². The quantitative estimate of drug-likeness (QED) is 0.662. The summed E-state index contributed by atoms with van der Waals surface area (Å²) in [7, 11) is 1.79. The molecule has 1 atom stereocenters. The second kappa shape index (κ2) is 8.61. The minimum Gasteiger partial charge on any atom is -0.481 e. The SMILES string of the molecule is Cc1ccc(C(C)C)c(OC(C)C(=O)Nc2c(C)n(C)n(-c3ccccc3)c2=O)c1. The molecule has 3 aromatic rings. The number of anilines is 1. The van der Waals surface area contributed by atoms with Crippen molar-refractivity contribution < 1.29 is 9.53 Å². The van der Waals surface area contributed by atoms with Crippen molar-refractivity contribution in [2.24, 2.45) is 7.05 Å². The smallest absolute Gasteiger partial charge is 0.295 e. The highest BCUT2D eigenvalue weighted by atomic mass is 16.5. The normalized spacial score (nSPS) is 12.1. The van der Waals surface area contributed by atoms with Crippen LogP contribution >= 0.6 is 0 Å². The number of para-hydroxylation sites is 1. The van der Waals surface area contributed by atoms with Crippen molar-refractivity contribution in [2.45, 2.75) is 46.6 Å². The molecule has 1 N–H and O–H groups in total. The molecule has 0 saturated carbocycles. The van der Waals surface area contributed by atoms with Gasteiger partial charge in [-0.25, -0.2) is 4.68 Å². The van der Waals surface area contributed by atoms with E-state index >= 15 is 0 Å². The first-order valence-corrected chi connectivity index (χ1v) is 10.1. The van der Waals surface area contributed by atoms with Gasteiger partial charge >= 0.3 is 0 Å². The van der Waals surface area contributed by atoms with Crippen molar-refractivity contribution in [3.63, 3.8) is 0 Å². The number of nitrogens with one attached hydrogen (secondary N) is 1. The van der Waals surface area contributed by atoms with Crippen LogP contribution in [0.2, 0.25) is 0 Å². The minimum absolute atomic E-state index is 0.259. The van der Waals surface area contributed by atoms with Gasteiger partial charge in [0.1, 0.15) is 11.4 Å². The van der Waals surface area contributed by atoms with Gasteiger partial charge in [-0.2, -0.15) is 0 Å². The van der Waals surface area contributed by atoms with Crippen LogP contribution in [-0.4, -0.2) is 21.4 Å². The number of hydrogen-bond acceptors (Lipinski definition) is 3. The van der Waals surface area contributed by atoms with Crippen LogP contribution in [0, 0.1) is 13.8 Å². The number of rotatable bonds is 6. The summed E-state index contributed by atoms with van der Waals surface area (Å²) in [6, 6.07) is 15.3. The first kappa shape index (κ1) is 21.4. The van der Waals surface area contributed by atoms with E-state index in [4.69, 9.17) is 4.74 Å². The van der Waals surface area contributed by atoms with Crippen LogP contribution < -0.4 is 15.6 Å². The summed E-state index contributed by atoms with van der Waals surface area (Å²) in [6.45, 7) is 9.65. The van der Waals surface area contributed by atoms with E-state index in [0.29, 0.717) is 11.4 Å². The molecule has 1 aromatic heterocycles. The lowest BCUT2D eigenvalue weighted by Crippen LogP contribution is -2.32. The number of nitrogens with zero attached hydrogens (tertiary/aromatic N) is 2. The summed E-state index contributed by atoms with van der Waals surface area (Å²) >= 11 is 0. The van der Waals surface area contributed by atoms with Crippen LogP contribution in [0.4, 0.5) is 5.69 Å². The molecule has 30 heavy (non-hydrogen) atoms. The molecule has 0 bridgehead atoms. The third-order valence-electron chi connectivity index (χ3n) is 5.27. The average molecular weight is 408 g/mol. The van der Waals surface area contributed by atoms with Gasteiger partial charge in [0.2, 0.25) is 0 Å². The maximum atomic E-state index is 13.0. The third kappa shape index (κ3) is 4.17. The summed E-state index contributed by atoms with van der Waals surface area (Å²) in [6.07, 6.45) is -0.756. The molecule has 6 nitrogen and oxygen atoms in total. The Balaban J connectivity index is 1.85. The van der Waals surface area contributed by atoms with E-state index in [9.17, 15) is 9.59 Å². The van der Waals surface area contributed by atoms with Crippen LogP contribution in [0.1, 0.15) is 43.5 Å². The van der Waals surface area contributed by atoms with E-state index in [0.717, 1.165) is 16.8 Å². The van der Waals surface area contributed by atoms with Crippen molar-refractivity contribution in [3.8, 4) is 11.4 Å². The molecular formula is C24H29N3O3. The lowest BCUT2D eigenvalue weighted by Gasteiger charge is -2.19. The maximum absolute atomic E-state index is 13.0. The van der Waals surface area contributed by atoms with Crippen LogP contribution in [0.5, 0.6) is 5.75 Å². The zero-order valence-electron chi connectivity index (χ0n) is 18.4. The van der Waals surface area contributed by atoms with Gasteiger partial charge in [-0.1, -0.05) is 44.2 Å². The number of amides is 1. The molecule has 0 aliphatic rings. The van der Waals surface area contributed by atoms with E-state index in [1.807, 2.05) is 55.5 Å². The molecule has 0 aliphatic heterocycles. The maximum Gasteiger partial charge on any atom is 0.295 e. The van der Waals surface area contributed by atoms with Gasteiger partial charge in [0.05, 0.1) is 11.4 Å². The van der Waals surface area contributed by atoms with E-state index in [2.05, 4.69) is 19.2 Å². The lowest BCUT2D eigenvalue weighted by molar-refractivity contribution is -0.122. The summed E-state index contributed by atoms with van der Waals surface area (Å²) in [4.78, 5) is 25.9. The molecule has 0 fully saturated rings. The molecule has 0 spiro atoms. The first-order chi connectivity index (χ1) is 14.2. The Hall–Kier alpha value is -3.28. The summed E-state index contributed by atoms with van der Waals surface area (Å²) in [5.74, 6) is 0.599. The molecule has 0 aliphatic carbocycles. The molecule has 0 radical (unpaired) electrons. The van der Waals surface area contributed by atoms with Crippen molar-refractivity contribution in [1.82, 2.24) is 9.36 Å². The fraction of sp³-hybridized carbons (Fsp3) is 0.333. The Labute approximate surface area is 177 Å². The fourth-order valence-corrected chi connectivity index (χ4v) is 3.40. The molecule has 1 unspecified atom stereocenters. The number of aryl methyl sites for hydroxylation is 1. The van der Waals surface area contributed by atoms with Crippen molar-refractivity contribution in [3.05, 3.63) is 75.7 Å². The van der Waals surface area contributed by atoms with Gasteiger partial charge in [0.15, 0.2) is 6.10 Å². The molecule has 6 heteroatoms. The molecule has 158 valence electrons. The predicted molar refractivity (Wildman–Crippen MR) is 120 cm³/mol. The number of ether oxygens (including phenoxy) is 1. The topological polar surface area (TPSA) is 65.3 Å². The highest BCUT2D eigenvalue weighted by Crippen LogP contribution is 2.28. The van der Waals surface area contributed by atoms with Gasteiger partial charge in [-0.05, 0) is 56.0 Å². The Morgan fingerprint density at radius 2 is 1.70 bits per heavy atom. The first-order valence-electron chi connectivity index (χ1n) is 10.1. The zero-order valence-corrected chi connectivity index (χ0v) is 18.4. The standard InChI is InChI=1S/C24H29N3O3/c1-15(2)20-13-12-16(3)14-21(20)30-18(5)23(28)25-22-17(4)26(6)27(24(22)29)19-10-8-7-9-11-19/h7-15,18H,1-6H3,(H,25,28). The van der Waals surface area contributed by atoms with Crippen LogP contribution in [0.3, 0.4) is 0 Å². The number of aromatic nitrogens is 2.